The van der Waals surface area contributed by atoms with Gasteiger partial charge >= 0.3 is 0 Å². The lowest BCUT2D eigenvalue weighted by Crippen LogP contribution is -2.43. The van der Waals surface area contributed by atoms with Crippen LogP contribution in [0.1, 0.15) is 46.0 Å². The van der Waals surface area contributed by atoms with Gasteiger partial charge in [0.1, 0.15) is 0 Å². The summed E-state index contributed by atoms with van der Waals surface area (Å²) in [5, 5.41) is 6.46. The Kier molecular flexibility index (Phi) is 3.85. The molecular weight excluding hydrogens is 200 g/mol. The van der Waals surface area contributed by atoms with Gasteiger partial charge in [0.15, 0.2) is 0 Å². The van der Waals surface area contributed by atoms with Crippen LogP contribution >= 0.6 is 0 Å². The summed E-state index contributed by atoms with van der Waals surface area (Å²) in [7, 11) is 0. The van der Waals surface area contributed by atoms with Crippen LogP contribution in [-0.2, 0) is 4.79 Å². The molecule has 2 saturated carbocycles. The van der Waals surface area contributed by atoms with Crippen LogP contribution in [0.25, 0.3) is 0 Å². The lowest BCUT2D eigenvalue weighted by Gasteiger charge is -2.18. The fraction of sp³-hybridized carbons (Fsp3) is 0.923. The van der Waals surface area contributed by atoms with Gasteiger partial charge in [-0.1, -0.05) is 6.92 Å². The topological polar surface area (TPSA) is 41.1 Å². The number of hydrogen-bond acceptors (Lipinski definition) is 2. The highest BCUT2D eigenvalue weighted by atomic mass is 16.1. The Labute approximate surface area is 98.4 Å². The minimum absolute atomic E-state index is 0.153. The molecule has 16 heavy (non-hydrogen) atoms. The quantitative estimate of drug-likeness (QED) is 0.691. The van der Waals surface area contributed by atoms with E-state index < -0.39 is 0 Å². The SMILES string of the molecule is CCC(C)NC(=O)CNC(C1CC1)C1CC1. The van der Waals surface area contributed by atoms with E-state index in [9.17, 15) is 4.79 Å². The summed E-state index contributed by atoms with van der Waals surface area (Å²) >= 11 is 0. The summed E-state index contributed by atoms with van der Waals surface area (Å²) in [6.45, 7) is 4.65. The largest absolute Gasteiger partial charge is 0.353 e. The van der Waals surface area contributed by atoms with Crippen LogP contribution in [0.3, 0.4) is 0 Å². The van der Waals surface area contributed by atoms with Crippen molar-refractivity contribution >= 4 is 5.91 Å². The third kappa shape index (κ3) is 3.48. The molecule has 0 saturated heterocycles. The van der Waals surface area contributed by atoms with Crippen molar-refractivity contribution in [1.29, 1.82) is 0 Å². The first-order valence-electron chi connectivity index (χ1n) is 6.73. The van der Waals surface area contributed by atoms with Crippen molar-refractivity contribution in [2.45, 2.75) is 58.0 Å². The van der Waals surface area contributed by atoms with E-state index in [0.29, 0.717) is 18.6 Å². The molecule has 3 nitrogen and oxygen atoms in total. The molecule has 0 heterocycles. The Morgan fingerprint density at radius 3 is 2.25 bits per heavy atom. The van der Waals surface area contributed by atoms with Crippen molar-refractivity contribution in [1.82, 2.24) is 10.6 Å². The zero-order chi connectivity index (χ0) is 11.5. The monoisotopic (exact) mass is 224 g/mol. The highest BCUT2D eigenvalue weighted by Gasteiger charge is 2.41. The van der Waals surface area contributed by atoms with Gasteiger partial charge in [0.05, 0.1) is 6.54 Å². The van der Waals surface area contributed by atoms with Gasteiger partial charge in [0, 0.05) is 12.1 Å². The highest BCUT2D eigenvalue weighted by Crippen LogP contribution is 2.44. The molecule has 1 unspecified atom stereocenters. The van der Waals surface area contributed by atoms with Gasteiger partial charge in [-0.05, 0) is 50.9 Å². The van der Waals surface area contributed by atoms with Crippen molar-refractivity contribution in [3.63, 3.8) is 0 Å². The van der Waals surface area contributed by atoms with Gasteiger partial charge < -0.3 is 10.6 Å². The predicted octanol–water partition coefficient (Wildman–Crippen LogP) is 1.68. The number of hydrogen-bond donors (Lipinski definition) is 2. The van der Waals surface area contributed by atoms with Crippen molar-refractivity contribution in [2.24, 2.45) is 11.8 Å². The second-order valence-corrected chi connectivity index (χ2v) is 5.46. The molecule has 0 aliphatic heterocycles. The van der Waals surface area contributed by atoms with Crippen LogP contribution in [0.2, 0.25) is 0 Å². The molecule has 3 heteroatoms. The van der Waals surface area contributed by atoms with Crippen LogP contribution in [-0.4, -0.2) is 24.5 Å². The average Bonchev–Trinajstić information content (AvgIpc) is 3.11. The lowest BCUT2D eigenvalue weighted by molar-refractivity contribution is -0.121. The molecular formula is C13H24N2O. The molecule has 2 aliphatic carbocycles. The lowest BCUT2D eigenvalue weighted by atomic mass is 10.1. The fourth-order valence-electron chi connectivity index (χ4n) is 2.27. The van der Waals surface area contributed by atoms with E-state index in [2.05, 4.69) is 24.5 Å². The van der Waals surface area contributed by atoms with Gasteiger partial charge in [-0.25, -0.2) is 0 Å². The molecule has 0 spiro atoms. The molecule has 2 fully saturated rings. The van der Waals surface area contributed by atoms with Gasteiger partial charge in [-0.3, -0.25) is 4.79 Å². The second kappa shape index (κ2) is 5.17. The average molecular weight is 224 g/mol. The van der Waals surface area contributed by atoms with E-state index in [0.717, 1.165) is 18.3 Å². The normalized spacial score (nSPS) is 22.2. The molecule has 92 valence electrons. The minimum Gasteiger partial charge on any atom is -0.353 e. The Morgan fingerprint density at radius 1 is 1.25 bits per heavy atom. The van der Waals surface area contributed by atoms with Crippen LogP contribution in [0.15, 0.2) is 0 Å². The summed E-state index contributed by atoms with van der Waals surface area (Å²) in [5.41, 5.74) is 0. The van der Waals surface area contributed by atoms with Crippen LogP contribution < -0.4 is 10.6 Å². The summed E-state index contributed by atoms with van der Waals surface area (Å²) in [6, 6.07) is 0.928. The summed E-state index contributed by atoms with van der Waals surface area (Å²) < 4.78 is 0. The molecule has 0 aromatic heterocycles. The zero-order valence-corrected chi connectivity index (χ0v) is 10.5. The maximum absolute atomic E-state index is 11.6. The number of amides is 1. The van der Waals surface area contributed by atoms with E-state index in [4.69, 9.17) is 0 Å². The predicted molar refractivity (Wildman–Crippen MR) is 65.1 cm³/mol. The second-order valence-electron chi connectivity index (χ2n) is 5.46. The third-order valence-electron chi connectivity index (χ3n) is 3.78. The maximum Gasteiger partial charge on any atom is 0.234 e. The highest BCUT2D eigenvalue weighted by molar-refractivity contribution is 5.78. The molecule has 2 N–H and O–H groups in total. The van der Waals surface area contributed by atoms with Crippen molar-refractivity contribution < 1.29 is 4.79 Å². The first-order valence-corrected chi connectivity index (χ1v) is 6.73. The van der Waals surface area contributed by atoms with E-state index in [-0.39, 0.29) is 5.91 Å². The molecule has 0 aromatic carbocycles. The molecule has 1 amide bonds. The van der Waals surface area contributed by atoms with Crippen LogP contribution in [0.5, 0.6) is 0 Å². The van der Waals surface area contributed by atoms with E-state index in [1.165, 1.54) is 25.7 Å². The Balaban J connectivity index is 1.66. The number of rotatable bonds is 7. The smallest absolute Gasteiger partial charge is 0.234 e. The first kappa shape index (κ1) is 11.9. The van der Waals surface area contributed by atoms with Gasteiger partial charge in [-0.15, -0.1) is 0 Å². The van der Waals surface area contributed by atoms with Gasteiger partial charge in [-0.2, -0.15) is 0 Å². The molecule has 1 atom stereocenters. The summed E-state index contributed by atoms with van der Waals surface area (Å²) in [5.74, 6) is 1.88. The van der Waals surface area contributed by atoms with E-state index in [1.807, 2.05) is 0 Å². The number of carbonyl (C=O) groups is 1. The van der Waals surface area contributed by atoms with Crippen LogP contribution in [0, 0.1) is 11.8 Å². The molecule has 0 radical (unpaired) electrons. The number of carbonyl (C=O) groups excluding carboxylic acids is 1. The van der Waals surface area contributed by atoms with Gasteiger partial charge in [0.2, 0.25) is 5.91 Å². The number of nitrogens with one attached hydrogen (secondary N) is 2. The Hall–Kier alpha value is -0.570. The van der Waals surface area contributed by atoms with Crippen molar-refractivity contribution in [2.75, 3.05) is 6.54 Å². The standard InChI is InChI=1S/C13H24N2O/c1-3-9(2)15-12(16)8-14-13(10-4-5-10)11-6-7-11/h9-11,13-14H,3-8H2,1-2H3,(H,15,16). The Morgan fingerprint density at radius 2 is 1.81 bits per heavy atom. The zero-order valence-electron chi connectivity index (χ0n) is 10.5. The minimum atomic E-state index is 0.153. The van der Waals surface area contributed by atoms with Gasteiger partial charge in [0.25, 0.3) is 0 Å². The van der Waals surface area contributed by atoms with Crippen molar-refractivity contribution in [3.05, 3.63) is 0 Å². The summed E-state index contributed by atoms with van der Waals surface area (Å²) in [6.07, 6.45) is 6.45. The molecule has 0 bridgehead atoms. The van der Waals surface area contributed by atoms with Crippen LogP contribution in [0.4, 0.5) is 0 Å². The Bertz CT molecular complexity index is 234. The van der Waals surface area contributed by atoms with Crippen molar-refractivity contribution in [3.8, 4) is 0 Å². The first-order chi connectivity index (χ1) is 7.70. The maximum atomic E-state index is 11.6. The van der Waals surface area contributed by atoms with E-state index in [1.54, 1.807) is 0 Å². The van der Waals surface area contributed by atoms with E-state index >= 15 is 0 Å². The summed E-state index contributed by atoms with van der Waals surface area (Å²) in [4.78, 5) is 11.6. The third-order valence-corrected chi connectivity index (χ3v) is 3.78. The molecule has 2 rings (SSSR count). The fourth-order valence-corrected chi connectivity index (χ4v) is 2.27. The molecule has 0 aromatic rings. The molecule has 2 aliphatic rings.